The molecule has 1 aliphatic rings. The van der Waals surface area contributed by atoms with Gasteiger partial charge in [-0.15, -0.1) is 0 Å². The number of methoxy groups -OCH3 is 1. The van der Waals surface area contributed by atoms with Crippen LogP contribution in [0.25, 0.3) is 5.57 Å². The first kappa shape index (κ1) is 20.8. The Labute approximate surface area is 173 Å². The molecule has 0 saturated heterocycles. The second-order valence-electron chi connectivity index (χ2n) is 8.16. The van der Waals surface area contributed by atoms with Crippen LogP contribution < -0.4 is 4.90 Å². The Morgan fingerprint density at radius 3 is 2.66 bits per heavy atom. The fraction of sp³-hybridized carbons (Fsp3) is 0.360. The number of carbonyl (C=O) groups excluding carboxylic acids is 1. The molecule has 0 atom stereocenters. The average molecular weight is 391 g/mol. The third-order valence-corrected chi connectivity index (χ3v) is 5.43. The molecule has 1 aliphatic heterocycles. The van der Waals surface area contributed by atoms with Gasteiger partial charge in [0.1, 0.15) is 0 Å². The number of nitrogens with zero attached hydrogens (tertiary/aromatic N) is 2. The van der Waals surface area contributed by atoms with Crippen molar-refractivity contribution >= 4 is 29.1 Å². The molecule has 2 aromatic rings. The highest BCUT2D eigenvalue weighted by atomic mass is 16.5. The van der Waals surface area contributed by atoms with Crippen LogP contribution >= 0.6 is 0 Å². The molecule has 152 valence electrons. The Hall–Kier alpha value is -2.88. The van der Waals surface area contributed by atoms with Crippen molar-refractivity contribution in [2.45, 2.75) is 46.6 Å². The maximum absolute atomic E-state index is 11.7. The minimum Gasteiger partial charge on any atom is -0.465 e. The fourth-order valence-corrected chi connectivity index (χ4v) is 3.99. The van der Waals surface area contributed by atoms with E-state index < -0.39 is 0 Å². The highest BCUT2D eigenvalue weighted by Crippen LogP contribution is 2.40. The summed E-state index contributed by atoms with van der Waals surface area (Å²) in [5.41, 5.74) is 7.33. The van der Waals surface area contributed by atoms with E-state index in [1.165, 1.54) is 29.5 Å². The van der Waals surface area contributed by atoms with Crippen LogP contribution in [-0.4, -0.2) is 31.4 Å². The number of esters is 1. The second-order valence-corrected chi connectivity index (χ2v) is 8.16. The second kappa shape index (κ2) is 8.24. The number of aliphatic imine (C=N–C) groups is 1. The molecule has 1 heterocycles. The van der Waals surface area contributed by atoms with Gasteiger partial charge in [0.25, 0.3) is 0 Å². The maximum Gasteiger partial charge on any atom is 0.337 e. The number of anilines is 1. The summed E-state index contributed by atoms with van der Waals surface area (Å²) in [6.07, 6.45) is 5.33. The lowest BCUT2D eigenvalue weighted by Gasteiger charge is -2.43. The van der Waals surface area contributed by atoms with E-state index in [-0.39, 0.29) is 11.5 Å². The Kier molecular flexibility index (Phi) is 5.92. The summed E-state index contributed by atoms with van der Waals surface area (Å²) >= 11 is 0. The van der Waals surface area contributed by atoms with Crippen molar-refractivity contribution in [3.63, 3.8) is 0 Å². The van der Waals surface area contributed by atoms with Crippen molar-refractivity contribution in [2.75, 3.05) is 18.6 Å². The molecule has 0 aromatic heterocycles. The quantitative estimate of drug-likeness (QED) is 0.468. The lowest BCUT2D eigenvalue weighted by molar-refractivity contribution is 0.0601. The number of allylic oxidation sites excluding steroid dienone is 1. The number of aryl methyl sites for hydroxylation is 1. The molecule has 0 fully saturated rings. The first-order valence-electron chi connectivity index (χ1n) is 10.1. The fourth-order valence-electron chi connectivity index (χ4n) is 3.99. The number of rotatable bonds is 5. The zero-order chi connectivity index (χ0) is 21.2. The van der Waals surface area contributed by atoms with Gasteiger partial charge in [-0.05, 0) is 81.1 Å². The van der Waals surface area contributed by atoms with Gasteiger partial charge in [-0.2, -0.15) is 0 Å². The molecule has 3 rings (SSSR count). The van der Waals surface area contributed by atoms with E-state index >= 15 is 0 Å². The van der Waals surface area contributed by atoms with Gasteiger partial charge >= 0.3 is 5.97 Å². The SMILES string of the molecule is CCCN1c2cc(C)c(C=Nc3cccc(C(=O)OC)c3)cc2C(C)=CC1(C)C. The van der Waals surface area contributed by atoms with E-state index in [9.17, 15) is 4.79 Å². The van der Waals surface area contributed by atoms with Crippen LogP contribution in [0.1, 0.15) is 61.2 Å². The van der Waals surface area contributed by atoms with Crippen molar-refractivity contribution in [2.24, 2.45) is 4.99 Å². The van der Waals surface area contributed by atoms with Gasteiger partial charge in [-0.1, -0.05) is 19.1 Å². The molecular formula is C25H30N2O2. The van der Waals surface area contributed by atoms with Crippen molar-refractivity contribution in [3.05, 3.63) is 64.7 Å². The van der Waals surface area contributed by atoms with Crippen molar-refractivity contribution in [1.29, 1.82) is 0 Å². The van der Waals surface area contributed by atoms with Crippen LogP contribution in [0, 0.1) is 6.92 Å². The largest absolute Gasteiger partial charge is 0.465 e. The summed E-state index contributed by atoms with van der Waals surface area (Å²) in [6.45, 7) is 12.1. The Balaban J connectivity index is 1.98. The Morgan fingerprint density at radius 1 is 1.21 bits per heavy atom. The van der Waals surface area contributed by atoms with Crippen LogP contribution in [-0.2, 0) is 4.74 Å². The van der Waals surface area contributed by atoms with Gasteiger partial charge in [0.15, 0.2) is 0 Å². The lowest BCUT2D eigenvalue weighted by Crippen LogP contribution is -2.45. The molecule has 0 spiro atoms. The third-order valence-electron chi connectivity index (χ3n) is 5.43. The molecule has 29 heavy (non-hydrogen) atoms. The summed E-state index contributed by atoms with van der Waals surface area (Å²) in [6, 6.07) is 11.7. The molecule has 0 unspecified atom stereocenters. The van der Waals surface area contributed by atoms with Crippen LogP contribution in [0.2, 0.25) is 0 Å². The monoisotopic (exact) mass is 390 g/mol. The first-order chi connectivity index (χ1) is 13.8. The zero-order valence-corrected chi connectivity index (χ0v) is 18.2. The smallest absolute Gasteiger partial charge is 0.337 e. The molecular weight excluding hydrogens is 360 g/mol. The zero-order valence-electron chi connectivity index (χ0n) is 18.2. The summed E-state index contributed by atoms with van der Waals surface area (Å²) in [4.78, 5) is 18.8. The van der Waals surface area contributed by atoms with Crippen molar-refractivity contribution < 1.29 is 9.53 Å². The van der Waals surface area contributed by atoms with Crippen LogP contribution in [0.4, 0.5) is 11.4 Å². The van der Waals surface area contributed by atoms with Crippen molar-refractivity contribution in [3.8, 4) is 0 Å². The van der Waals surface area contributed by atoms with E-state index in [2.05, 4.69) is 62.7 Å². The van der Waals surface area contributed by atoms with E-state index in [0.717, 1.165) is 24.2 Å². The molecule has 0 N–H and O–H groups in total. The molecule has 4 heteroatoms. The van der Waals surface area contributed by atoms with E-state index in [1.54, 1.807) is 12.1 Å². The van der Waals surface area contributed by atoms with Crippen LogP contribution in [0.5, 0.6) is 0 Å². The van der Waals surface area contributed by atoms with Crippen LogP contribution in [0.15, 0.2) is 47.5 Å². The van der Waals surface area contributed by atoms with Gasteiger partial charge in [0, 0.05) is 24.0 Å². The minimum atomic E-state index is -0.355. The summed E-state index contributed by atoms with van der Waals surface area (Å²) in [5, 5.41) is 0. The van der Waals surface area contributed by atoms with Gasteiger partial charge in [-0.3, -0.25) is 4.99 Å². The molecule has 0 amide bonds. The minimum absolute atomic E-state index is 0.00344. The van der Waals surface area contributed by atoms with E-state index in [4.69, 9.17) is 4.74 Å². The Bertz CT molecular complexity index is 986. The van der Waals surface area contributed by atoms with Gasteiger partial charge in [0.2, 0.25) is 0 Å². The molecule has 4 nitrogen and oxygen atoms in total. The first-order valence-corrected chi connectivity index (χ1v) is 10.1. The molecule has 0 saturated carbocycles. The van der Waals surface area contributed by atoms with Crippen LogP contribution in [0.3, 0.4) is 0 Å². The van der Waals surface area contributed by atoms with E-state index in [1.807, 2.05) is 18.3 Å². The summed E-state index contributed by atoms with van der Waals surface area (Å²) in [5.74, 6) is -0.355. The topological polar surface area (TPSA) is 41.9 Å². The highest BCUT2D eigenvalue weighted by molar-refractivity contribution is 5.92. The standard InChI is InChI=1S/C25H30N2O2/c1-7-11-27-23-12-17(2)20(14-22(23)18(3)15-25(27,4)5)16-26-21-10-8-9-19(13-21)24(28)29-6/h8-10,12-16H,7,11H2,1-6H3. The number of ether oxygens (including phenoxy) is 1. The lowest BCUT2D eigenvalue weighted by atomic mass is 9.87. The summed E-state index contributed by atoms with van der Waals surface area (Å²) < 4.78 is 4.79. The number of hydrogen-bond acceptors (Lipinski definition) is 4. The maximum atomic E-state index is 11.7. The predicted octanol–water partition coefficient (Wildman–Crippen LogP) is 5.94. The number of benzene rings is 2. The van der Waals surface area contributed by atoms with E-state index in [0.29, 0.717) is 5.56 Å². The summed E-state index contributed by atoms with van der Waals surface area (Å²) in [7, 11) is 1.38. The normalized spacial score (nSPS) is 15.2. The predicted molar refractivity (Wildman–Crippen MR) is 122 cm³/mol. The molecule has 2 aromatic carbocycles. The Morgan fingerprint density at radius 2 is 1.97 bits per heavy atom. The number of hydrogen-bond donors (Lipinski definition) is 0. The van der Waals surface area contributed by atoms with Crippen molar-refractivity contribution in [1.82, 2.24) is 0 Å². The third kappa shape index (κ3) is 4.26. The number of carbonyl (C=O) groups is 1. The molecule has 0 aliphatic carbocycles. The molecule has 0 bridgehead atoms. The number of fused-ring (bicyclic) bond motifs is 1. The van der Waals surface area contributed by atoms with Gasteiger partial charge in [-0.25, -0.2) is 4.79 Å². The van der Waals surface area contributed by atoms with Gasteiger partial charge in [0.05, 0.1) is 23.9 Å². The van der Waals surface area contributed by atoms with Gasteiger partial charge < -0.3 is 9.64 Å². The highest BCUT2D eigenvalue weighted by Gasteiger charge is 2.31. The molecule has 0 radical (unpaired) electrons. The average Bonchev–Trinajstić information content (AvgIpc) is 2.69.